The smallest absolute Gasteiger partial charge is 0.342 e. The largest absolute Gasteiger partial charge is 0.379 e. The standard InChI is InChI=1S/C15H16FN7O2/c1-11-17-9-15(23(24)25)22(11)6-5-21-10-14(19-20-21)8-18-13-4-2-3-12(16)7-13/h2-4,7,9-10,18H,5-6,8H2,1H3. The lowest BCUT2D eigenvalue weighted by atomic mass is 10.3. The number of nitro groups is 1. The lowest BCUT2D eigenvalue weighted by Crippen LogP contribution is -2.11. The van der Waals surface area contributed by atoms with Crippen LogP contribution in [-0.4, -0.2) is 29.5 Å². The molecule has 3 rings (SSSR count). The second-order valence-corrected chi connectivity index (χ2v) is 5.41. The number of aryl methyl sites for hydroxylation is 2. The van der Waals surface area contributed by atoms with Crippen LogP contribution in [0.5, 0.6) is 0 Å². The Kier molecular flexibility index (Phi) is 4.68. The van der Waals surface area contributed by atoms with Gasteiger partial charge in [0.15, 0.2) is 5.82 Å². The van der Waals surface area contributed by atoms with E-state index in [1.807, 2.05) is 0 Å². The topological polar surface area (TPSA) is 104 Å². The third-order valence-electron chi connectivity index (χ3n) is 3.66. The van der Waals surface area contributed by atoms with E-state index in [0.717, 1.165) is 0 Å². The van der Waals surface area contributed by atoms with Crippen LogP contribution in [0.3, 0.4) is 0 Å². The molecule has 0 bridgehead atoms. The summed E-state index contributed by atoms with van der Waals surface area (Å²) < 4.78 is 16.2. The van der Waals surface area contributed by atoms with Crippen molar-refractivity contribution in [3.8, 4) is 0 Å². The summed E-state index contributed by atoms with van der Waals surface area (Å²) in [5.74, 6) is 0.205. The summed E-state index contributed by atoms with van der Waals surface area (Å²) in [5, 5.41) is 22.1. The van der Waals surface area contributed by atoms with Crippen molar-refractivity contribution in [3.05, 3.63) is 64.1 Å². The van der Waals surface area contributed by atoms with Crippen LogP contribution in [0.15, 0.2) is 36.7 Å². The van der Waals surface area contributed by atoms with E-state index >= 15 is 0 Å². The van der Waals surface area contributed by atoms with Gasteiger partial charge >= 0.3 is 5.82 Å². The zero-order valence-electron chi connectivity index (χ0n) is 13.5. The van der Waals surface area contributed by atoms with E-state index in [-0.39, 0.29) is 11.6 Å². The van der Waals surface area contributed by atoms with Gasteiger partial charge in [-0.2, -0.15) is 0 Å². The highest BCUT2D eigenvalue weighted by Crippen LogP contribution is 2.14. The van der Waals surface area contributed by atoms with Crippen LogP contribution in [0.25, 0.3) is 0 Å². The quantitative estimate of drug-likeness (QED) is 0.520. The molecular weight excluding hydrogens is 329 g/mol. The van der Waals surface area contributed by atoms with Crippen molar-refractivity contribution in [2.45, 2.75) is 26.6 Å². The molecule has 2 aromatic heterocycles. The molecule has 0 atom stereocenters. The molecule has 1 N–H and O–H groups in total. The molecule has 130 valence electrons. The molecule has 0 spiro atoms. The number of halogens is 1. The zero-order chi connectivity index (χ0) is 17.8. The Labute approximate surface area is 142 Å². The number of nitrogens with zero attached hydrogens (tertiary/aromatic N) is 6. The first kappa shape index (κ1) is 16.6. The predicted molar refractivity (Wildman–Crippen MR) is 87.4 cm³/mol. The van der Waals surface area contributed by atoms with Crippen molar-refractivity contribution in [2.24, 2.45) is 0 Å². The maximum Gasteiger partial charge on any atom is 0.342 e. The van der Waals surface area contributed by atoms with Crippen molar-refractivity contribution in [1.29, 1.82) is 0 Å². The molecular formula is C15H16FN7O2. The van der Waals surface area contributed by atoms with Crippen molar-refractivity contribution in [3.63, 3.8) is 0 Å². The lowest BCUT2D eigenvalue weighted by Gasteiger charge is -2.03. The maximum absolute atomic E-state index is 13.1. The maximum atomic E-state index is 13.1. The Bertz CT molecular complexity index is 890. The molecule has 10 heteroatoms. The third kappa shape index (κ3) is 3.97. The van der Waals surface area contributed by atoms with E-state index in [1.165, 1.54) is 22.9 Å². The summed E-state index contributed by atoms with van der Waals surface area (Å²) in [6.45, 7) is 2.89. The third-order valence-corrected chi connectivity index (χ3v) is 3.66. The summed E-state index contributed by atoms with van der Waals surface area (Å²) in [7, 11) is 0. The van der Waals surface area contributed by atoms with Gasteiger partial charge in [0.05, 0.1) is 19.3 Å². The normalized spacial score (nSPS) is 10.8. The molecule has 1 aromatic carbocycles. The molecule has 25 heavy (non-hydrogen) atoms. The van der Waals surface area contributed by atoms with Gasteiger partial charge in [0, 0.05) is 12.6 Å². The van der Waals surface area contributed by atoms with Crippen LogP contribution < -0.4 is 5.32 Å². The number of aromatic nitrogens is 5. The predicted octanol–water partition coefficient (Wildman–Crippen LogP) is 2.14. The fourth-order valence-electron chi connectivity index (χ4n) is 2.40. The van der Waals surface area contributed by atoms with Gasteiger partial charge in [0.2, 0.25) is 0 Å². The molecule has 0 radical (unpaired) electrons. The van der Waals surface area contributed by atoms with Crippen molar-refractivity contribution < 1.29 is 9.31 Å². The first-order valence-corrected chi connectivity index (χ1v) is 7.58. The van der Waals surface area contributed by atoms with E-state index in [0.29, 0.717) is 36.8 Å². The minimum Gasteiger partial charge on any atom is -0.379 e. The summed E-state index contributed by atoms with van der Waals surface area (Å²) in [5.41, 5.74) is 1.33. The fourth-order valence-corrected chi connectivity index (χ4v) is 2.40. The molecule has 9 nitrogen and oxygen atoms in total. The van der Waals surface area contributed by atoms with Crippen LogP contribution in [-0.2, 0) is 19.6 Å². The molecule has 0 aliphatic rings. The molecule has 0 fully saturated rings. The number of rotatable bonds is 7. The molecule has 0 amide bonds. The van der Waals surface area contributed by atoms with Crippen molar-refractivity contribution in [1.82, 2.24) is 24.5 Å². The van der Waals surface area contributed by atoms with E-state index in [2.05, 4.69) is 20.6 Å². The van der Waals surface area contributed by atoms with Crippen molar-refractivity contribution >= 4 is 11.5 Å². The van der Waals surface area contributed by atoms with E-state index in [1.54, 1.807) is 29.9 Å². The monoisotopic (exact) mass is 345 g/mol. The Morgan fingerprint density at radius 3 is 2.96 bits per heavy atom. The van der Waals surface area contributed by atoms with E-state index < -0.39 is 4.92 Å². The van der Waals surface area contributed by atoms with Gasteiger partial charge in [-0.15, -0.1) is 5.10 Å². The summed E-state index contributed by atoms with van der Waals surface area (Å²) in [6.07, 6.45) is 2.98. The van der Waals surface area contributed by atoms with Gasteiger partial charge in [0.25, 0.3) is 0 Å². The van der Waals surface area contributed by atoms with Crippen LogP contribution in [0.4, 0.5) is 15.9 Å². The molecule has 0 aliphatic heterocycles. The number of anilines is 1. The molecule has 2 heterocycles. The minimum atomic E-state index is -0.463. The number of hydrogen-bond acceptors (Lipinski definition) is 6. The number of hydrogen-bond donors (Lipinski definition) is 1. The van der Waals surface area contributed by atoms with Crippen molar-refractivity contribution in [2.75, 3.05) is 5.32 Å². The second kappa shape index (κ2) is 7.07. The molecule has 3 aromatic rings. The number of imidazole rings is 1. The van der Waals surface area contributed by atoms with Gasteiger partial charge in [-0.05, 0) is 23.1 Å². The molecule has 0 aliphatic carbocycles. The van der Waals surface area contributed by atoms with Gasteiger partial charge < -0.3 is 15.4 Å². The Morgan fingerprint density at radius 1 is 1.36 bits per heavy atom. The summed E-state index contributed by atoms with van der Waals surface area (Å²) in [6, 6.07) is 6.15. The molecule has 0 saturated carbocycles. The average Bonchev–Trinajstić information content (AvgIpc) is 3.17. The fraction of sp³-hybridized carbons (Fsp3) is 0.267. The minimum absolute atomic E-state index is 0.0504. The van der Waals surface area contributed by atoms with Crippen LogP contribution in [0, 0.1) is 22.9 Å². The highest BCUT2D eigenvalue weighted by molar-refractivity contribution is 5.43. The first-order valence-electron chi connectivity index (χ1n) is 7.58. The molecule has 0 unspecified atom stereocenters. The van der Waals surface area contributed by atoms with E-state index in [9.17, 15) is 14.5 Å². The number of benzene rings is 1. The van der Waals surface area contributed by atoms with Crippen LogP contribution in [0.2, 0.25) is 0 Å². The van der Waals surface area contributed by atoms with Gasteiger partial charge in [-0.1, -0.05) is 11.3 Å². The second-order valence-electron chi connectivity index (χ2n) is 5.41. The molecule has 0 saturated heterocycles. The van der Waals surface area contributed by atoms with Crippen LogP contribution in [0.1, 0.15) is 11.5 Å². The van der Waals surface area contributed by atoms with Crippen LogP contribution >= 0.6 is 0 Å². The Morgan fingerprint density at radius 2 is 2.20 bits per heavy atom. The van der Waals surface area contributed by atoms with Gasteiger partial charge in [-0.3, -0.25) is 0 Å². The first-order chi connectivity index (χ1) is 12.0. The number of nitrogens with one attached hydrogen (secondary N) is 1. The highest BCUT2D eigenvalue weighted by Gasteiger charge is 2.17. The highest BCUT2D eigenvalue weighted by atomic mass is 19.1. The Hall–Kier alpha value is -3.30. The summed E-state index contributed by atoms with van der Waals surface area (Å²) in [4.78, 5) is 14.5. The average molecular weight is 345 g/mol. The van der Waals surface area contributed by atoms with Gasteiger partial charge in [-0.25, -0.2) is 18.6 Å². The summed E-state index contributed by atoms with van der Waals surface area (Å²) >= 11 is 0. The zero-order valence-corrected chi connectivity index (χ0v) is 13.5. The van der Waals surface area contributed by atoms with E-state index in [4.69, 9.17) is 0 Å². The lowest BCUT2D eigenvalue weighted by molar-refractivity contribution is -0.392. The Balaban J connectivity index is 1.59. The van der Waals surface area contributed by atoms with Gasteiger partial charge in [0.1, 0.15) is 24.3 Å². The SMILES string of the molecule is Cc1ncc([N+](=O)[O-])n1CCn1cc(CNc2cccc(F)c2)nn1.